The SMILES string of the molecule is CCS(=O)(=O)c1ccc(Oc2cc(O[C@@H](C)COC)cc(C(=O)Nc3ccn[nH]3)c2)c(F)c1. The molecule has 0 aliphatic heterocycles. The number of anilines is 1. The monoisotopic (exact) mass is 477 g/mol. The predicted octanol–water partition coefficient (Wildman–Crippen LogP) is 3.80. The topological polar surface area (TPSA) is 120 Å². The summed E-state index contributed by atoms with van der Waals surface area (Å²) in [6.07, 6.45) is 1.16. The molecule has 33 heavy (non-hydrogen) atoms. The van der Waals surface area contributed by atoms with Gasteiger partial charge in [0.05, 0.1) is 23.5 Å². The Bertz CT molecular complexity index is 1210. The highest BCUT2D eigenvalue weighted by molar-refractivity contribution is 7.91. The standard InChI is InChI=1S/C22H24FN3O6S/c1-4-33(28,29)18-5-6-20(19(23)12-18)32-17-10-15(22(27)25-21-7-8-24-26-21)9-16(11-17)31-14(2)13-30-3/h5-12,14H,4,13H2,1-3H3,(H2,24,25,26,27)/t14-/m0/s1. The highest BCUT2D eigenvalue weighted by Crippen LogP contribution is 2.31. The van der Waals surface area contributed by atoms with Crippen LogP contribution in [0.25, 0.3) is 0 Å². The molecule has 0 aliphatic rings. The molecule has 0 bridgehead atoms. The number of halogens is 1. The molecule has 0 spiro atoms. The van der Waals surface area contributed by atoms with Gasteiger partial charge in [-0.3, -0.25) is 9.89 Å². The molecule has 0 saturated carbocycles. The first-order chi connectivity index (χ1) is 15.7. The van der Waals surface area contributed by atoms with E-state index in [-0.39, 0.29) is 33.8 Å². The van der Waals surface area contributed by atoms with Gasteiger partial charge in [0.15, 0.2) is 21.4 Å². The molecular weight excluding hydrogens is 453 g/mol. The number of rotatable bonds is 10. The van der Waals surface area contributed by atoms with Gasteiger partial charge in [0.25, 0.3) is 5.91 Å². The summed E-state index contributed by atoms with van der Waals surface area (Å²) in [6.45, 7) is 3.57. The Hall–Kier alpha value is -3.44. The van der Waals surface area contributed by atoms with Crippen molar-refractivity contribution in [1.82, 2.24) is 10.2 Å². The average molecular weight is 478 g/mol. The number of hydrogen-bond donors (Lipinski definition) is 2. The summed E-state index contributed by atoms with van der Waals surface area (Å²) in [5, 5.41) is 9.04. The van der Waals surface area contributed by atoms with Gasteiger partial charge in [0.2, 0.25) is 0 Å². The van der Waals surface area contributed by atoms with Gasteiger partial charge in [-0.2, -0.15) is 5.10 Å². The van der Waals surface area contributed by atoms with Crippen molar-refractivity contribution in [2.45, 2.75) is 24.8 Å². The minimum atomic E-state index is -3.57. The van der Waals surface area contributed by atoms with Crippen molar-refractivity contribution in [2.24, 2.45) is 0 Å². The van der Waals surface area contributed by atoms with Crippen molar-refractivity contribution in [1.29, 1.82) is 0 Å². The van der Waals surface area contributed by atoms with E-state index in [4.69, 9.17) is 14.2 Å². The first-order valence-corrected chi connectivity index (χ1v) is 11.7. The minimum Gasteiger partial charge on any atom is -0.488 e. The zero-order valence-corrected chi connectivity index (χ0v) is 19.1. The smallest absolute Gasteiger partial charge is 0.257 e. The van der Waals surface area contributed by atoms with Crippen LogP contribution in [0.3, 0.4) is 0 Å². The predicted molar refractivity (Wildman–Crippen MR) is 119 cm³/mol. The van der Waals surface area contributed by atoms with Crippen molar-refractivity contribution >= 4 is 21.6 Å². The number of hydrogen-bond acceptors (Lipinski definition) is 7. The van der Waals surface area contributed by atoms with Crippen LogP contribution in [0.5, 0.6) is 17.2 Å². The van der Waals surface area contributed by atoms with E-state index in [1.807, 2.05) is 0 Å². The van der Waals surface area contributed by atoms with Gasteiger partial charge in [0.1, 0.15) is 23.4 Å². The molecule has 1 aromatic heterocycles. The minimum absolute atomic E-state index is 0.122. The second-order valence-corrected chi connectivity index (χ2v) is 9.38. The largest absolute Gasteiger partial charge is 0.488 e. The van der Waals surface area contributed by atoms with Gasteiger partial charge in [-0.15, -0.1) is 0 Å². The first kappa shape index (κ1) is 24.2. The van der Waals surface area contributed by atoms with Crippen molar-refractivity contribution in [3.63, 3.8) is 0 Å². The Morgan fingerprint density at radius 2 is 1.94 bits per heavy atom. The summed E-state index contributed by atoms with van der Waals surface area (Å²) in [7, 11) is -2.03. The van der Waals surface area contributed by atoms with Gasteiger partial charge in [-0.25, -0.2) is 12.8 Å². The molecule has 1 atom stereocenters. The van der Waals surface area contributed by atoms with E-state index in [2.05, 4.69) is 15.5 Å². The summed E-state index contributed by atoms with van der Waals surface area (Å²) in [6, 6.07) is 9.40. The van der Waals surface area contributed by atoms with Gasteiger partial charge < -0.3 is 19.5 Å². The normalized spacial score (nSPS) is 12.2. The van der Waals surface area contributed by atoms with Crippen LogP contribution in [0.1, 0.15) is 24.2 Å². The number of aromatic nitrogens is 2. The molecular formula is C22H24FN3O6S. The number of nitrogens with one attached hydrogen (secondary N) is 2. The average Bonchev–Trinajstić information content (AvgIpc) is 3.28. The maximum atomic E-state index is 14.6. The zero-order valence-electron chi connectivity index (χ0n) is 18.3. The Kier molecular flexibility index (Phi) is 7.67. The lowest BCUT2D eigenvalue weighted by Gasteiger charge is -2.16. The molecule has 2 N–H and O–H groups in total. The number of methoxy groups -OCH3 is 1. The van der Waals surface area contributed by atoms with Crippen LogP contribution < -0.4 is 14.8 Å². The van der Waals surface area contributed by atoms with Gasteiger partial charge in [-0.05, 0) is 37.3 Å². The maximum absolute atomic E-state index is 14.6. The third-order valence-corrected chi connectivity index (χ3v) is 6.23. The van der Waals surface area contributed by atoms with Gasteiger partial charge in [-0.1, -0.05) is 6.92 Å². The van der Waals surface area contributed by atoms with E-state index >= 15 is 0 Å². The second kappa shape index (κ2) is 10.5. The Balaban J connectivity index is 1.92. The molecule has 0 unspecified atom stereocenters. The highest BCUT2D eigenvalue weighted by atomic mass is 32.2. The third kappa shape index (κ3) is 6.30. The second-order valence-electron chi connectivity index (χ2n) is 7.10. The van der Waals surface area contributed by atoms with Crippen LogP contribution in [0, 0.1) is 5.82 Å². The summed E-state index contributed by atoms with van der Waals surface area (Å²) in [4.78, 5) is 12.6. The van der Waals surface area contributed by atoms with Crippen molar-refractivity contribution in [2.75, 3.05) is 24.8 Å². The molecule has 1 heterocycles. The number of amides is 1. The van der Waals surface area contributed by atoms with Crippen molar-refractivity contribution in [3.05, 3.63) is 60.0 Å². The molecule has 1 amide bonds. The summed E-state index contributed by atoms with van der Waals surface area (Å²) in [5.41, 5.74) is 0.187. The Morgan fingerprint density at radius 1 is 1.18 bits per heavy atom. The van der Waals surface area contributed by atoms with E-state index in [1.165, 1.54) is 50.6 Å². The third-order valence-electron chi connectivity index (χ3n) is 4.50. The number of carbonyl (C=O) groups excluding carboxylic acids is 1. The van der Waals surface area contributed by atoms with E-state index in [0.29, 0.717) is 18.2 Å². The molecule has 0 radical (unpaired) electrons. The Labute approximate surface area is 190 Å². The van der Waals surface area contributed by atoms with Crippen molar-refractivity contribution in [3.8, 4) is 17.2 Å². The molecule has 2 aromatic carbocycles. The molecule has 0 aliphatic carbocycles. The zero-order chi connectivity index (χ0) is 24.0. The highest BCUT2D eigenvalue weighted by Gasteiger charge is 2.17. The maximum Gasteiger partial charge on any atom is 0.257 e. The summed E-state index contributed by atoms with van der Waals surface area (Å²) in [5.74, 6) is -0.868. The van der Waals surface area contributed by atoms with Crippen LogP contribution >= 0.6 is 0 Å². The fraction of sp³-hybridized carbons (Fsp3) is 0.273. The molecule has 176 valence electrons. The molecule has 9 nitrogen and oxygen atoms in total. The number of benzene rings is 2. The molecule has 11 heteroatoms. The van der Waals surface area contributed by atoms with Crippen LogP contribution in [-0.2, 0) is 14.6 Å². The number of sulfone groups is 1. The number of carbonyl (C=O) groups is 1. The molecule has 3 rings (SSSR count). The molecule has 3 aromatic rings. The van der Waals surface area contributed by atoms with Gasteiger partial charge >= 0.3 is 0 Å². The number of nitrogens with zero attached hydrogens (tertiary/aromatic N) is 1. The van der Waals surface area contributed by atoms with Crippen LogP contribution in [0.2, 0.25) is 0 Å². The van der Waals surface area contributed by atoms with Crippen LogP contribution in [0.15, 0.2) is 53.6 Å². The summed E-state index contributed by atoms with van der Waals surface area (Å²) >= 11 is 0. The molecule has 0 fully saturated rings. The molecule has 0 saturated heterocycles. The van der Waals surface area contributed by atoms with E-state index in [0.717, 1.165) is 6.07 Å². The summed E-state index contributed by atoms with van der Waals surface area (Å²) < 4.78 is 55.1. The number of H-pyrrole nitrogens is 1. The quantitative estimate of drug-likeness (QED) is 0.456. The number of ether oxygens (including phenoxy) is 3. The van der Waals surface area contributed by atoms with Gasteiger partial charge in [0, 0.05) is 24.8 Å². The number of aromatic amines is 1. The lowest BCUT2D eigenvalue weighted by atomic mass is 10.2. The van der Waals surface area contributed by atoms with Crippen molar-refractivity contribution < 1.29 is 31.8 Å². The lowest BCUT2D eigenvalue weighted by molar-refractivity contribution is 0.0915. The Morgan fingerprint density at radius 3 is 2.58 bits per heavy atom. The van der Waals surface area contributed by atoms with Crippen LogP contribution in [-0.4, -0.2) is 50.1 Å². The lowest BCUT2D eigenvalue weighted by Crippen LogP contribution is -2.18. The fourth-order valence-electron chi connectivity index (χ4n) is 2.90. The van der Waals surface area contributed by atoms with Crippen LogP contribution in [0.4, 0.5) is 10.2 Å². The fourth-order valence-corrected chi connectivity index (χ4v) is 3.79. The first-order valence-electron chi connectivity index (χ1n) is 10.0. The van der Waals surface area contributed by atoms with E-state index < -0.39 is 21.6 Å². The van der Waals surface area contributed by atoms with E-state index in [9.17, 15) is 17.6 Å². The van der Waals surface area contributed by atoms with E-state index in [1.54, 1.807) is 13.0 Å².